The molecule has 4 N–H and O–H groups in total. The van der Waals surface area contributed by atoms with E-state index in [0.29, 0.717) is 18.8 Å². The topological polar surface area (TPSA) is 115 Å². The van der Waals surface area contributed by atoms with Crippen molar-refractivity contribution in [3.8, 4) is 22.8 Å². The van der Waals surface area contributed by atoms with Crippen LogP contribution in [-0.2, 0) is 6.42 Å². The minimum Gasteiger partial charge on any atom is -0.494 e. The van der Waals surface area contributed by atoms with Crippen molar-refractivity contribution < 1.29 is 14.7 Å². The van der Waals surface area contributed by atoms with Gasteiger partial charge in [-0.25, -0.2) is 4.98 Å². The van der Waals surface area contributed by atoms with Crippen LogP contribution in [0.1, 0.15) is 61.6 Å². The normalized spacial score (nSPS) is 12.2. The van der Waals surface area contributed by atoms with Crippen LogP contribution in [0.5, 0.6) is 11.5 Å². The average molecular weight is 560 g/mol. The number of hydrogen-bond donors (Lipinski definition) is 3. The molecule has 2 aromatic carbocycles. The molecule has 0 amide bonds. The molecule has 8 nitrogen and oxygen atoms in total. The second kappa shape index (κ2) is 14.9. The number of oxime groups is 1. The number of unbranched alkanes of at least 4 members (excludes halogenated alkanes) is 2. The Labute approximate surface area is 239 Å². The van der Waals surface area contributed by atoms with Gasteiger partial charge < -0.3 is 25.7 Å². The molecule has 2 heterocycles. The number of aryl methyl sites for hydroxylation is 1. The summed E-state index contributed by atoms with van der Waals surface area (Å²) >= 11 is 1.72. The average Bonchev–Trinajstić information content (AvgIpc) is 3.43. The van der Waals surface area contributed by atoms with Crippen LogP contribution in [0.3, 0.4) is 0 Å². The maximum Gasteiger partial charge on any atom is 0.183 e. The molecule has 1 unspecified atom stereocenters. The Bertz CT molecular complexity index is 1340. The zero-order chi connectivity index (χ0) is 28.2. The first-order valence-corrected chi connectivity index (χ1v) is 14.5. The van der Waals surface area contributed by atoms with Gasteiger partial charge in [0.05, 0.1) is 24.9 Å². The van der Waals surface area contributed by atoms with E-state index in [1.807, 2.05) is 36.5 Å². The summed E-state index contributed by atoms with van der Waals surface area (Å²) in [6.07, 6.45) is 8.48. The predicted molar refractivity (Wildman–Crippen MR) is 162 cm³/mol. The molecule has 0 aliphatic heterocycles. The first-order valence-electron chi connectivity index (χ1n) is 13.7. The Kier molecular flexibility index (Phi) is 10.7. The van der Waals surface area contributed by atoms with Crippen molar-refractivity contribution >= 4 is 22.3 Å². The van der Waals surface area contributed by atoms with Crippen molar-refractivity contribution in [2.75, 3.05) is 18.5 Å². The fraction of sp³-hybridized carbons (Fsp3) is 0.323. The largest absolute Gasteiger partial charge is 0.494 e. The standard InChI is InChI=1S/C31H37N5O3S/c1-3-27(24-9-8-18-33-21-24)34-31-35-29(28(4-2)40-31)22-10-14-25(15-11-22)38-19-6-5-7-20-39-26-16-12-23(13-17-26)30(32)36-37/h8-18,21,27,37H,3-7,19-20H2,1-2H3,(H2,32,36)(H,34,35). The first kappa shape index (κ1) is 28.9. The second-order valence-corrected chi connectivity index (χ2v) is 10.4. The Morgan fingerprint density at radius 3 is 2.23 bits per heavy atom. The number of rotatable bonds is 15. The molecule has 0 aliphatic rings. The number of aromatic nitrogens is 2. The lowest BCUT2D eigenvalue weighted by atomic mass is 10.1. The van der Waals surface area contributed by atoms with E-state index in [2.05, 4.69) is 47.5 Å². The van der Waals surface area contributed by atoms with Crippen LogP contribution in [0.25, 0.3) is 11.3 Å². The van der Waals surface area contributed by atoms with Gasteiger partial charge >= 0.3 is 0 Å². The summed E-state index contributed by atoms with van der Waals surface area (Å²) in [6.45, 7) is 5.62. The van der Waals surface area contributed by atoms with E-state index in [9.17, 15) is 0 Å². The minimum atomic E-state index is 0.0826. The lowest BCUT2D eigenvalue weighted by Gasteiger charge is -2.16. The number of nitrogens with zero attached hydrogens (tertiary/aromatic N) is 3. The molecule has 1 atom stereocenters. The molecule has 4 rings (SSSR count). The SMILES string of the molecule is CCc1sc(NC(CC)c2cccnc2)nc1-c1ccc(OCCCCCOc2ccc(/C(N)=N/O)cc2)cc1. The molecule has 0 fully saturated rings. The smallest absolute Gasteiger partial charge is 0.183 e. The molecule has 40 heavy (non-hydrogen) atoms. The van der Waals surface area contributed by atoms with E-state index < -0.39 is 0 Å². The molecule has 4 aromatic rings. The van der Waals surface area contributed by atoms with Crippen molar-refractivity contribution in [3.63, 3.8) is 0 Å². The van der Waals surface area contributed by atoms with Gasteiger partial charge in [0, 0.05) is 28.4 Å². The Hall–Kier alpha value is -4.11. The highest BCUT2D eigenvalue weighted by Gasteiger charge is 2.16. The van der Waals surface area contributed by atoms with Gasteiger partial charge in [0.1, 0.15) is 11.5 Å². The highest BCUT2D eigenvalue weighted by Crippen LogP contribution is 2.34. The number of ether oxygens (including phenoxy) is 2. The van der Waals surface area contributed by atoms with E-state index in [4.69, 9.17) is 25.4 Å². The predicted octanol–water partition coefficient (Wildman–Crippen LogP) is 7.05. The summed E-state index contributed by atoms with van der Waals surface area (Å²) in [4.78, 5) is 10.5. The van der Waals surface area contributed by atoms with Crippen molar-refractivity contribution in [2.45, 2.75) is 52.0 Å². The summed E-state index contributed by atoms with van der Waals surface area (Å²) in [5, 5.41) is 16.3. The number of thiazole rings is 1. The summed E-state index contributed by atoms with van der Waals surface area (Å²) < 4.78 is 11.7. The molecule has 9 heteroatoms. The minimum absolute atomic E-state index is 0.0826. The Morgan fingerprint density at radius 1 is 0.975 bits per heavy atom. The van der Waals surface area contributed by atoms with E-state index >= 15 is 0 Å². The molecular weight excluding hydrogens is 522 g/mol. The van der Waals surface area contributed by atoms with Crippen molar-refractivity contribution in [1.82, 2.24) is 9.97 Å². The van der Waals surface area contributed by atoms with E-state index in [1.54, 1.807) is 29.7 Å². The van der Waals surface area contributed by atoms with Gasteiger partial charge in [0.2, 0.25) is 0 Å². The molecule has 0 bridgehead atoms. The van der Waals surface area contributed by atoms with Crippen LogP contribution in [0.15, 0.2) is 78.2 Å². The zero-order valence-corrected chi connectivity index (χ0v) is 23.9. The summed E-state index contributed by atoms with van der Waals surface area (Å²) in [5.74, 6) is 1.71. The molecule has 2 aromatic heterocycles. The van der Waals surface area contributed by atoms with Crippen LogP contribution in [0, 0.1) is 0 Å². The highest BCUT2D eigenvalue weighted by molar-refractivity contribution is 7.16. The van der Waals surface area contributed by atoms with Gasteiger partial charge in [-0.15, -0.1) is 11.3 Å². The third-order valence-corrected chi connectivity index (χ3v) is 7.65. The second-order valence-electron chi connectivity index (χ2n) is 9.33. The third-order valence-electron chi connectivity index (χ3n) is 6.52. The fourth-order valence-electron chi connectivity index (χ4n) is 4.28. The van der Waals surface area contributed by atoms with E-state index in [0.717, 1.165) is 60.0 Å². The van der Waals surface area contributed by atoms with Crippen LogP contribution in [0.4, 0.5) is 5.13 Å². The van der Waals surface area contributed by atoms with Crippen LogP contribution in [0.2, 0.25) is 0 Å². The molecule has 0 saturated heterocycles. The summed E-state index contributed by atoms with van der Waals surface area (Å²) in [7, 11) is 0. The van der Waals surface area contributed by atoms with Crippen LogP contribution >= 0.6 is 11.3 Å². The summed E-state index contributed by atoms with van der Waals surface area (Å²) in [5.41, 5.74) is 9.52. The number of anilines is 1. The maximum atomic E-state index is 8.73. The van der Waals surface area contributed by atoms with Gasteiger partial charge in [-0.1, -0.05) is 25.1 Å². The maximum absolute atomic E-state index is 8.73. The number of amidine groups is 1. The van der Waals surface area contributed by atoms with Gasteiger partial charge in [-0.05, 0) is 92.3 Å². The van der Waals surface area contributed by atoms with Gasteiger partial charge in [-0.3, -0.25) is 4.98 Å². The van der Waals surface area contributed by atoms with Gasteiger partial charge in [0.15, 0.2) is 11.0 Å². The fourth-order valence-corrected chi connectivity index (χ4v) is 5.26. The number of nitrogens with one attached hydrogen (secondary N) is 1. The summed E-state index contributed by atoms with van der Waals surface area (Å²) in [6, 6.07) is 19.6. The molecule has 0 aliphatic carbocycles. The number of hydrogen-bond acceptors (Lipinski definition) is 8. The number of nitrogens with two attached hydrogens (primary N) is 1. The van der Waals surface area contributed by atoms with Gasteiger partial charge in [0.25, 0.3) is 0 Å². The van der Waals surface area contributed by atoms with Crippen molar-refractivity contribution in [3.05, 3.63) is 89.1 Å². The lowest BCUT2D eigenvalue weighted by molar-refractivity contribution is 0.279. The Morgan fingerprint density at radius 2 is 1.65 bits per heavy atom. The quantitative estimate of drug-likeness (QED) is 0.0470. The van der Waals surface area contributed by atoms with E-state index in [1.165, 1.54) is 10.4 Å². The molecule has 210 valence electrons. The number of pyridine rings is 1. The zero-order valence-electron chi connectivity index (χ0n) is 23.0. The van der Waals surface area contributed by atoms with E-state index in [-0.39, 0.29) is 11.9 Å². The molecular formula is C31H37N5O3S. The Balaban J connectivity index is 1.21. The van der Waals surface area contributed by atoms with Crippen molar-refractivity contribution in [1.29, 1.82) is 0 Å². The highest BCUT2D eigenvalue weighted by atomic mass is 32.1. The third kappa shape index (κ3) is 7.95. The van der Waals surface area contributed by atoms with Crippen LogP contribution in [-0.4, -0.2) is 34.2 Å². The monoisotopic (exact) mass is 559 g/mol. The van der Waals surface area contributed by atoms with Crippen LogP contribution < -0.4 is 20.5 Å². The molecule has 0 radical (unpaired) electrons. The molecule has 0 saturated carbocycles. The lowest BCUT2D eigenvalue weighted by Crippen LogP contribution is -2.12. The van der Waals surface area contributed by atoms with Crippen molar-refractivity contribution in [2.24, 2.45) is 10.9 Å². The first-order chi connectivity index (χ1) is 19.6. The van der Waals surface area contributed by atoms with Gasteiger partial charge in [-0.2, -0.15) is 0 Å². The molecule has 0 spiro atoms. The number of benzene rings is 2.